The molecule has 242 valence electrons. The summed E-state index contributed by atoms with van der Waals surface area (Å²) in [5, 5.41) is 20.7. The Morgan fingerprint density at radius 2 is 1.40 bits per heavy atom. The van der Waals surface area contributed by atoms with Crippen molar-refractivity contribution in [1.82, 2.24) is 0 Å². The van der Waals surface area contributed by atoms with E-state index in [0.717, 1.165) is 74.4 Å². The fraction of sp³-hybridized carbons (Fsp3) is 0.525. The Morgan fingerprint density at radius 3 is 2.09 bits per heavy atom. The number of phenolic OH excluding ortho intramolecular Hbond substituents is 2. The molecular formula is C40H55N2O3+. The third-order valence-corrected chi connectivity index (χ3v) is 9.51. The van der Waals surface area contributed by atoms with E-state index in [-0.39, 0.29) is 5.75 Å². The van der Waals surface area contributed by atoms with Crippen LogP contribution in [0.3, 0.4) is 0 Å². The highest BCUT2D eigenvalue weighted by molar-refractivity contribution is 5.78. The number of unbranched alkanes of at least 4 members (excludes halogenated alkanes) is 11. The van der Waals surface area contributed by atoms with Crippen LogP contribution in [0.4, 0.5) is 5.69 Å². The molecule has 5 heteroatoms. The number of hydrogen-bond acceptors (Lipinski definition) is 4. The summed E-state index contributed by atoms with van der Waals surface area (Å²) in [4.78, 5) is 2.48. The number of phenols is 2. The van der Waals surface area contributed by atoms with Crippen molar-refractivity contribution in [2.24, 2.45) is 0 Å². The highest BCUT2D eigenvalue weighted by Crippen LogP contribution is 2.42. The third-order valence-electron chi connectivity index (χ3n) is 9.51. The number of pyridine rings is 1. The first-order valence-corrected chi connectivity index (χ1v) is 17.8. The normalized spacial score (nSPS) is 14.2. The van der Waals surface area contributed by atoms with Gasteiger partial charge in [0.1, 0.15) is 23.8 Å². The molecule has 0 amide bonds. The standard InChI is InChI=1S/C40H54N2O3/c1-32-28-36(43)31-37(29-32)45-27-13-11-9-7-5-3-2-4-6-8-10-12-22-41-25-20-33(21-26-41)18-19-35-30-34-16-14-23-42-24-15-17-38(39(34)42)40(35)44/h18-21,25-26,28-31,43H,2-17,22-24,27H2,1H3/p+1. The predicted octanol–water partition coefficient (Wildman–Crippen LogP) is 9.32. The molecule has 0 saturated heterocycles. The maximum atomic E-state index is 11.0. The van der Waals surface area contributed by atoms with E-state index in [4.69, 9.17) is 4.74 Å². The van der Waals surface area contributed by atoms with Crippen molar-refractivity contribution in [1.29, 1.82) is 0 Å². The van der Waals surface area contributed by atoms with Gasteiger partial charge in [-0.15, -0.1) is 0 Å². The van der Waals surface area contributed by atoms with E-state index in [1.807, 2.05) is 13.0 Å². The molecule has 2 aliphatic heterocycles. The van der Waals surface area contributed by atoms with Gasteiger partial charge in [0.05, 0.1) is 6.61 Å². The van der Waals surface area contributed by atoms with Crippen molar-refractivity contribution in [2.45, 2.75) is 116 Å². The zero-order valence-electron chi connectivity index (χ0n) is 27.6. The largest absolute Gasteiger partial charge is 0.508 e. The molecule has 3 heterocycles. The van der Waals surface area contributed by atoms with E-state index in [1.165, 1.54) is 93.9 Å². The van der Waals surface area contributed by atoms with Gasteiger partial charge < -0.3 is 19.8 Å². The lowest BCUT2D eigenvalue weighted by Crippen LogP contribution is -2.34. The van der Waals surface area contributed by atoms with Crippen LogP contribution in [0.25, 0.3) is 12.2 Å². The van der Waals surface area contributed by atoms with Gasteiger partial charge in [-0.2, -0.15) is 0 Å². The number of benzene rings is 2. The monoisotopic (exact) mass is 611 g/mol. The fourth-order valence-electron chi connectivity index (χ4n) is 7.08. The highest BCUT2D eigenvalue weighted by Gasteiger charge is 2.27. The second kappa shape index (κ2) is 17.3. The lowest BCUT2D eigenvalue weighted by molar-refractivity contribution is -0.697. The first-order valence-electron chi connectivity index (χ1n) is 17.8. The first-order chi connectivity index (χ1) is 22.1. The molecule has 0 bridgehead atoms. The number of nitrogens with zero attached hydrogens (tertiary/aromatic N) is 2. The molecule has 3 aromatic rings. The average Bonchev–Trinajstić information content (AvgIpc) is 3.04. The number of aryl methyl sites for hydroxylation is 3. The van der Waals surface area contributed by atoms with Crippen LogP contribution in [0.2, 0.25) is 0 Å². The molecule has 1 aromatic heterocycles. The molecule has 5 nitrogen and oxygen atoms in total. The van der Waals surface area contributed by atoms with E-state index >= 15 is 0 Å². The Morgan fingerprint density at radius 1 is 0.756 bits per heavy atom. The zero-order chi connectivity index (χ0) is 31.3. The van der Waals surface area contributed by atoms with Gasteiger partial charge in [-0.25, -0.2) is 4.57 Å². The Kier molecular flexibility index (Phi) is 12.6. The van der Waals surface area contributed by atoms with Crippen molar-refractivity contribution in [3.8, 4) is 17.2 Å². The lowest BCUT2D eigenvalue weighted by Gasteiger charge is -2.37. The Balaban J connectivity index is 0.880. The van der Waals surface area contributed by atoms with Gasteiger partial charge in [0, 0.05) is 54.5 Å². The van der Waals surface area contributed by atoms with Gasteiger partial charge in [0.2, 0.25) is 0 Å². The van der Waals surface area contributed by atoms with Gasteiger partial charge in [0.25, 0.3) is 0 Å². The minimum atomic E-state index is 0.277. The maximum absolute atomic E-state index is 11.0. The predicted molar refractivity (Wildman–Crippen MR) is 186 cm³/mol. The molecule has 0 fully saturated rings. The minimum absolute atomic E-state index is 0.277. The van der Waals surface area contributed by atoms with Crippen molar-refractivity contribution in [3.05, 3.63) is 76.6 Å². The molecule has 0 unspecified atom stereocenters. The summed E-state index contributed by atoms with van der Waals surface area (Å²) in [6.07, 6.45) is 28.6. The summed E-state index contributed by atoms with van der Waals surface area (Å²) in [6.45, 7) is 6.03. The van der Waals surface area contributed by atoms with Crippen LogP contribution < -0.4 is 14.2 Å². The zero-order valence-corrected chi connectivity index (χ0v) is 27.6. The van der Waals surface area contributed by atoms with E-state index in [1.54, 1.807) is 12.1 Å². The smallest absolute Gasteiger partial charge is 0.169 e. The van der Waals surface area contributed by atoms with Crippen molar-refractivity contribution in [2.75, 3.05) is 24.6 Å². The van der Waals surface area contributed by atoms with Crippen molar-refractivity contribution in [3.63, 3.8) is 0 Å². The van der Waals surface area contributed by atoms with E-state index in [9.17, 15) is 10.2 Å². The van der Waals surface area contributed by atoms with Gasteiger partial charge in [-0.3, -0.25) is 0 Å². The number of aromatic nitrogens is 1. The summed E-state index contributed by atoms with van der Waals surface area (Å²) in [7, 11) is 0. The summed E-state index contributed by atoms with van der Waals surface area (Å²) in [6, 6.07) is 12.0. The molecule has 2 N–H and O–H groups in total. The molecule has 2 aliphatic rings. The highest BCUT2D eigenvalue weighted by atomic mass is 16.5. The molecule has 45 heavy (non-hydrogen) atoms. The van der Waals surface area contributed by atoms with Gasteiger partial charge in [0.15, 0.2) is 12.4 Å². The molecule has 2 aromatic carbocycles. The summed E-state index contributed by atoms with van der Waals surface area (Å²) < 4.78 is 8.07. The van der Waals surface area contributed by atoms with Gasteiger partial charge in [-0.1, -0.05) is 69.9 Å². The minimum Gasteiger partial charge on any atom is -0.508 e. The Bertz CT molecular complexity index is 1360. The van der Waals surface area contributed by atoms with Crippen molar-refractivity contribution >= 4 is 17.8 Å². The van der Waals surface area contributed by atoms with Crippen LogP contribution >= 0.6 is 0 Å². The van der Waals surface area contributed by atoms with Crippen LogP contribution in [-0.4, -0.2) is 29.9 Å². The maximum Gasteiger partial charge on any atom is 0.169 e. The first kappa shape index (κ1) is 32.9. The molecule has 0 radical (unpaired) electrons. The fourth-order valence-corrected chi connectivity index (χ4v) is 7.08. The molecule has 0 aliphatic carbocycles. The van der Waals surface area contributed by atoms with Crippen molar-refractivity contribution < 1.29 is 19.5 Å². The third kappa shape index (κ3) is 10.0. The quantitative estimate of drug-likeness (QED) is 0.111. The van der Waals surface area contributed by atoms with Crippen LogP contribution in [0.1, 0.15) is 118 Å². The van der Waals surface area contributed by atoms with Crippen LogP contribution in [0.5, 0.6) is 17.2 Å². The molecule has 5 rings (SSSR count). The topological polar surface area (TPSA) is 56.8 Å². The Labute approximate surface area is 271 Å². The summed E-state index contributed by atoms with van der Waals surface area (Å²) >= 11 is 0. The average molecular weight is 612 g/mol. The summed E-state index contributed by atoms with van der Waals surface area (Å²) in [5.41, 5.74) is 7.06. The van der Waals surface area contributed by atoms with Crippen LogP contribution in [-0.2, 0) is 19.4 Å². The second-order valence-electron chi connectivity index (χ2n) is 13.3. The number of ether oxygens (including phenoxy) is 1. The number of hydrogen-bond donors (Lipinski definition) is 2. The molecular weight excluding hydrogens is 556 g/mol. The molecule has 0 spiro atoms. The van der Waals surface area contributed by atoms with E-state index < -0.39 is 0 Å². The Hall–Kier alpha value is -3.47. The SMILES string of the molecule is Cc1cc(O)cc(OCCCCCCCCCCCCCC[n+]2ccc(C=Cc3cc4c5c(c3O)CCCN5CCC4)cc2)c1. The number of anilines is 1. The second-order valence-corrected chi connectivity index (χ2v) is 13.3. The van der Waals surface area contributed by atoms with E-state index in [0.29, 0.717) is 5.75 Å². The molecule has 0 saturated carbocycles. The van der Waals surface area contributed by atoms with Crippen LogP contribution in [0, 0.1) is 6.92 Å². The lowest BCUT2D eigenvalue weighted by atomic mass is 9.89. The van der Waals surface area contributed by atoms with E-state index in [2.05, 4.69) is 52.2 Å². The number of rotatable bonds is 18. The van der Waals surface area contributed by atoms with Gasteiger partial charge in [-0.05, 0) is 80.3 Å². The molecule has 0 atom stereocenters. The summed E-state index contributed by atoms with van der Waals surface area (Å²) in [5.74, 6) is 1.53. The van der Waals surface area contributed by atoms with Crippen LogP contribution in [0.15, 0.2) is 48.8 Å². The van der Waals surface area contributed by atoms with Gasteiger partial charge >= 0.3 is 0 Å². The number of aromatic hydroxyl groups is 2.